The molecule has 8 heteroatoms. The van der Waals surface area contributed by atoms with Crippen LogP contribution in [0.25, 0.3) is 0 Å². The van der Waals surface area contributed by atoms with Gasteiger partial charge in [0.1, 0.15) is 5.69 Å². The highest BCUT2D eigenvalue weighted by Crippen LogP contribution is 2.29. The predicted molar refractivity (Wildman–Crippen MR) is 64.8 cm³/mol. The van der Waals surface area contributed by atoms with E-state index in [1.165, 1.54) is 19.2 Å². The Bertz CT molecular complexity index is 637. The van der Waals surface area contributed by atoms with Gasteiger partial charge in [0.15, 0.2) is 29.1 Å². The molecule has 0 fully saturated rings. The second-order valence-corrected chi connectivity index (χ2v) is 3.76. The van der Waals surface area contributed by atoms with Gasteiger partial charge in [-0.05, 0) is 6.07 Å². The first kappa shape index (κ1) is 13.9. The number of halogens is 4. The van der Waals surface area contributed by atoms with E-state index >= 15 is 0 Å². The van der Waals surface area contributed by atoms with Crippen LogP contribution in [0.1, 0.15) is 0 Å². The number of pyridine rings is 1. The molecular weight excluding hydrogens is 278 g/mol. The molecule has 0 spiro atoms. The zero-order valence-corrected chi connectivity index (χ0v) is 10.2. The number of aromatic nitrogens is 1. The van der Waals surface area contributed by atoms with Crippen molar-refractivity contribution in [3.63, 3.8) is 0 Å². The summed E-state index contributed by atoms with van der Waals surface area (Å²) in [5, 5.41) is 2.12. The van der Waals surface area contributed by atoms with Crippen LogP contribution >= 0.6 is 0 Å². The number of methoxy groups -OCH3 is 1. The first-order valence-electron chi connectivity index (χ1n) is 5.34. The molecule has 106 valence electrons. The number of hydrogen-bond acceptors (Lipinski definition) is 4. The molecule has 0 bridgehead atoms. The van der Waals surface area contributed by atoms with Gasteiger partial charge in [-0.15, -0.1) is 0 Å². The van der Waals surface area contributed by atoms with Crippen LogP contribution in [0.3, 0.4) is 0 Å². The molecule has 0 aliphatic heterocycles. The highest BCUT2D eigenvalue weighted by molar-refractivity contribution is 5.69. The van der Waals surface area contributed by atoms with Gasteiger partial charge in [0, 0.05) is 12.1 Å². The van der Waals surface area contributed by atoms with Gasteiger partial charge in [-0.25, -0.2) is 17.6 Å². The van der Waals surface area contributed by atoms with Crippen LogP contribution in [0.15, 0.2) is 18.2 Å². The lowest BCUT2D eigenvalue weighted by molar-refractivity contribution is 0.398. The average Bonchev–Trinajstić information content (AvgIpc) is 2.43. The lowest BCUT2D eigenvalue weighted by Crippen LogP contribution is -2.06. The fraction of sp³-hybridized carbons (Fsp3) is 0.0833. The highest BCUT2D eigenvalue weighted by Gasteiger charge is 2.20. The molecule has 3 N–H and O–H groups in total. The van der Waals surface area contributed by atoms with E-state index in [4.69, 9.17) is 10.5 Å². The maximum Gasteiger partial charge on any atom is 0.215 e. The molecule has 1 heterocycles. The molecule has 20 heavy (non-hydrogen) atoms. The van der Waals surface area contributed by atoms with Gasteiger partial charge in [-0.2, -0.15) is 4.98 Å². The van der Waals surface area contributed by atoms with Crippen molar-refractivity contribution in [1.82, 2.24) is 4.98 Å². The summed E-state index contributed by atoms with van der Waals surface area (Å²) in [4.78, 5) is 3.79. The number of benzene rings is 1. The maximum atomic E-state index is 13.5. The van der Waals surface area contributed by atoms with Crippen LogP contribution < -0.4 is 15.8 Å². The highest BCUT2D eigenvalue weighted by atomic mass is 19.2. The molecule has 4 nitrogen and oxygen atoms in total. The van der Waals surface area contributed by atoms with Crippen LogP contribution in [-0.4, -0.2) is 12.1 Å². The Kier molecular flexibility index (Phi) is 3.64. The van der Waals surface area contributed by atoms with Gasteiger partial charge < -0.3 is 15.8 Å². The van der Waals surface area contributed by atoms with Crippen molar-refractivity contribution < 1.29 is 22.3 Å². The van der Waals surface area contributed by atoms with Crippen LogP contribution in [0.2, 0.25) is 0 Å². The van der Waals surface area contributed by atoms with Gasteiger partial charge in [0.25, 0.3) is 0 Å². The third kappa shape index (κ3) is 2.44. The monoisotopic (exact) mass is 287 g/mol. The van der Waals surface area contributed by atoms with E-state index in [1.807, 2.05) is 0 Å². The Labute approximate surface area is 111 Å². The van der Waals surface area contributed by atoms with E-state index in [-0.39, 0.29) is 23.5 Å². The molecule has 2 rings (SSSR count). The number of nitrogens with zero attached hydrogens (tertiary/aromatic N) is 1. The molecular formula is C12H9F4N3O. The largest absolute Gasteiger partial charge is 0.481 e. The third-order valence-electron chi connectivity index (χ3n) is 2.47. The number of rotatable bonds is 3. The van der Waals surface area contributed by atoms with Crippen molar-refractivity contribution in [3.8, 4) is 5.88 Å². The van der Waals surface area contributed by atoms with Gasteiger partial charge >= 0.3 is 0 Å². The Balaban J connectivity index is 2.50. The van der Waals surface area contributed by atoms with Gasteiger partial charge in [-0.3, -0.25) is 0 Å². The SMILES string of the molecule is COc1ccc(N)c(Nc2c(F)c(F)cc(F)c2F)n1. The van der Waals surface area contributed by atoms with E-state index < -0.39 is 29.0 Å². The minimum absolute atomic E-state index is 0.0225. The first-order valence-corrected chi connectivity index (χ1v) is 5.34. The van der Waals surface area contributed by atoms with E-state index in [2.05, 4.69) is 10.3 Å². The van der Waals surface area contributed by atoms with Crippen molar-refractivity contribution in [2.24, 2.45) is 0 Å². The summed E-state index contributed by atoms with van der Waals surface area (Å²) < 4.78 is 58.0. The fourth-order valence-corrected chi connectivity index (χ4v) is 1.47. The number of nitrogen functional groups attached to an aromatic ring is 1. The molecule has 0 aliphatic rings. The van der Waals surface area contributed by atoms with Crippen LogP contribution in [0.5, 0.6) is 5.88 Å². The minimum atomic E-state index is -1.58. The minimum Gasteiger partial charge on any atom is -0.481 e. The Morgan fingerprint density at radius 2 is 1.70 bits per heavy atom. The Morgan fingerprint density at radius 1 is 1.10 bits per heavy atom. The average molecular weight is 287 g/mol. The smallest absolute Gasteiger partial charge is 0.215 e. The lowest BCUT2D eigenvalue weighted by Gasteiger charge is -2.12. The second kappa shape index (κ2) is 5.24. The molecule has 0 saturated carbocycles. The summed E-state index contributed by atoms with van der Waals surface area (Å²) in [5.74, 6) is -6.30. The number of nitrogens with one attached hydrogen (secondary N) is 1. The summed E-state index contributed by atoms with van der Waals surface area (Å²) >= 11 is 0. The number of anilines is 3. The van der Waals surface area contributed by atoms with E-state index in [1.54, 1.807) is 0 Å². The molecule has 0 aliphatic carbocycles. The predicted octanol–water partition coefficient (Wildman–Crippen LogP) is 2.97. The molecule has 0 unspecified atom stereocenters. The van der Waals surface area contributed by atoms with Crippen LogP contribution in [0.4, 0.5) is 34.8 Å². The zero-order chi connectivity index (χ0) is 14.9. The standard InChI is InChI=1S/C12H9F4N3O/c1-20-8-3-2-7(17)12(18-8)19-11-9(15)5(13)4-6(14)10(11)16/h2-4H,17H2,1H3,(H,18,19). The third-order valence-corrected chi connectivity index (χ3v) is 2.47. The molecule has 2 aromatic rings. The normalized spacial score (nSPS) is 10.4. The summed E-state index contributed by atoms with van der Waals surface area (Å²) in [6, 6.07) is 2.89. The summed E-state index contributed by atoms with van der Waals surface area (Å²) in [6.07, 6.45) is 0. The topological polar surface area (TPSA) is 60.2 Å². The van der Waals surface area contributed by atoms with Gasteiger partial charge in [0.2, 0.25) is 5.88 Å². The lowest BCUT2D eigenvalue weighted by atomic mass is 10.2. The van der Waals surface area contributed by atoms with Crippen molar-refractivity contribution in [2.45, 2.75) is 0 Å². The molecule has 0 radical (unpaired) electrons. The van der Waals surface area contributed by atoms with Crippen molar-refractivity contribution in [3.05, 3.63) is 41.5 Å². The zero-order valence-electron chi connectivity index (χ0n) is 10.2. The van der Waals surface area contributed by atoms with Gasteiger partial charge in [0.05, 0.1) is 12.8 Å². The van der Waals surface area contributed by atoms with E-state index in [0.717, 1.165) is 0 Å². The summed E-state index contributed by atoms with van der Waals surface area (Å²) in [5.41, 5.74) is 4.56. The van der Waals surface area contributed by atoms with Crippen molar-refractivity contribution in [2.75, 3.05) is 18.2 Å². The molecule has 0 saturated heterocycles. The summed E-state index contributed by atoms with van der Waals surface area (Å²) in [6.45, 7) is 0. The van der Waals surface area contributed by atoms with E-state index in [0.29, 0.717) is 0 Å². The number of nitrogens with two attached hydrogens (primary N) is 1. The quantitative estimate of drug-likeness (QED) is 0.673. The Morgan fingerprint density at radius 3 is 2.25 bits per heavy atom. The maximum absolute atomic E-state index is 13.5. The van der Waals surface area contributed by atoms with Crippen molar-refractivity contribution >= 4 is 17.2 Å². The number of ether oxygens (including phenoxy) is 1. The molecule has 1 aromatic heterocycles. The second-order valence-electron chi connectivity index (χ2n) is 3.76. The molecule has 1 aromatic carbocycles. The molecule has 0 amide bonds. The van der Waals surface area contributed by atoms with E-state index in [9.17, 15) is 17.6 Å². The fourth-order valence-electron chi connectivity index (χ4n) is 1.47. The van der Waals surface area contributed by atoms with Crippen LogP contribution in [-0.2, 0) is 0 Å². The Hall–Kier alpha value is -2.51. The number of hydrogen-bond donors (Lipinski definition) is 2. The molecule has 0 atom stereocenters. The van der Waals surface area contributed by atoms with Crippen molar-refractivity contribution in [1.29, 1.82) is 0 Å². The first-order chi connectivity index (χ1) is 9.43. The summed E-state index contributed by atoms with van der Waals surface area (Å²) in [7, 11) is 1.32. The van der Waals surface area contributed by atoms with Crippen LogP contribution in [0, 0.1) is 23.3 Å². The van der Waals surface area contributed by atoms with Gasteiger partial charge in [-0.1, -0.05) is 0 Å².